The van der Waals surface area contributed by atoms with E-state index in [1.54, 1.807) is 0 Å². The molecule has 0 unspecified atom stereocenters. The molecule has 362 valence electrons. The standard InChI is InChI=1S/C73H50N4/c1-5-20-51(21-6-1)52-36-38-53(39-37-52)56-26-19-27-57(44-56)71-43-41-59(49-75-71)65-31-14-16-33-67(65)61-45-60(66-32-15-13-30-64(66)58-40-42-70(74-48-58)54-22-7-2-8-23-54)46-62(47-61)68-34-17-18-35-69(68)72-50-76-73(55-24-9-3-10-25-55)77(72)63-28-11-4-12-29-63/h1-50H. The summed E-state index contributed by atoms with van der Waals surface area (Å²) >= 11 is 0. The molecule has 3 aromatic heterocycles. The molecule has 0 saturated carbocycles. The summed E-state index contributed by atoms with van der Waals surface area (Å²) in [5.74, 6) is 0.881. The highest BCUT2D eigenvalue weighted by Gasteiger charge is 2.21. The summed E-state index contributed by atoms with van der Waals surface area (Å²) < 4.78 is 2.28. The first-order valence-electron chi connectivity index (χ1n) is 26.1. The van der Waals surface area contributed by atoms with E-state index in [0.29, 0.717) is 0 Å². The molecule has 0 amide bonds. The first-order chi connectivity index (χ1) is 38.2. The Morgan fingerprint density at radius 2 is 0.558 bits per heavy atom. The van der Waals surface area contributed by atoms with Crippen LogP contribution in [-0.2, 0) is 0 Å². The van der Waals surface area contributed by atoms with Gasteiger partial charge in [-0.15, -0.1) is 0 Å². The van der Waals surface area contributed by atoms with Gasteiger partial charge in [0.2, 0.25) is 0 Å². The van der Waals surface area contributed by atoms with E-state index in [1.807, 2.05) is 30.7 Å². The van der Waals surface area contributed by atoms with Crippen LogP contribution >= 0.6 is 0 Å². The second-order valence-corrected chi connectivity index (χ2v) is 19.2. The highest BCUT2D eigenvalue weighted by atomic mass is 15.1. The maximum atomic E-state index is 5.14. The van der Waals surface area contributed by atoms with Crippen molar-refractivity contribution in [2.45, 2.75) is 0 Å². The van der Waals surface area contributed by atoms with Gasteiger partial charge in [-0.2, -0.15) is 0 Å². The molecule has 0 radical (unpaired) electrons. The molecule has 0 saturated heterocycles. The molecule has 4 nitrogen and oxygen atoms in total. The Morgan fingerprint density at radius 3 is 1.06 bits per heavy atom. The first kappa shape index (κ1) is 46.5. The molecule has 0 N–H and O–H groups in total. The van der Waals surface area contributed by atoms with Crippen molar-refractivity contribution < 1.29 is 0 Å². The lowest BCUT2D eigenvalue weighted by molar-refractivity contribution is 1.07. The highest BCUT2D eigenvalue weighted by molar-refractivity contribution is 5.94. The van der Waals surface area contributed by atoms with Crippen LogP contribution < -0.4 is 0 Å². The fraction of sp³-hybridized carbons (Fsp3) is 0. The van der Waals surface area contributed by atoms with Gasteiger partial charge in [0.25, 0.3) is 0 Å². The normalized spacial score (nSPS) is 11.1. The average Bonchev–Trinajstić information content (AvgIpc) is 4.00. The van der Waals surface area contributed by atoms with Gasteiger partial charge in [0, 0.05) is 51.5 Å². The van der Waals surface area contributed by atoms with Crippen LogP contribution in [0.2, 0.25) is 0 Å². The Labute approximate surface area is 449 Å². The van der Waals surface area contributed by atoms with Gasteiger partial charge < -0.3 is 0 Å². The average molecular weight is 983 g/mol. The fourth-order valence-corrected chi connectivity index (χ4v) is 10.6. The Morgan fingerprint density at radius 1 is 0.208 bits per heavy atom. The molecule has 0 aliphatic heterocycles. The van der Waals surface area contributed by atoms with E-state index in [-0.39, 0.29) is 0 Å². The molecule has 0 bridgehead atoms. The van der Waals surface area contributed by atoms with E-state index in [0.717, 1.165) is 112 Å². The summed E-state index contributed by atoms with van der Waals surface area (Å²) in [4.78, 5) is 15.2. The van der Waals surface area contributed by atoms with Gasteiger partial charge >= 0.3 is 0 Å². The maximum Gasteiger partial charge on any atom is 0.144 e. The number of pyridine rings is 2. The zero-order valence-corrected chi connectivity index (χ0v) is 42.2. The van der Waals surface area contributed by atoms with Crippen molar-refractivity contribution in [3.05, 3.63) is 304 Å². The van der Waals surface area contributed by atoms with Crippen molar-refractivity contribution in [1.82, 2.24) is 19.5 Å². The number of benzene rings is 10. The van der Waals surface area contributed by atoms with Crippen LogP contribution in [0.15, 0.2) is 304 Å². The Kier molecular flexibility index (Phi) is 12.6. The molecular weight excluding hydrogens is 933 g/mol. The lowest BCUT2D eigenvalue weighted by Crippen LogP contribution is -2.00. The number of imidazole rings is 1. The predicted octanol–water partition coefficient (Wildman–Crippen LogP) is 19.0. The third kappa shape index (κ3) is 9.48. The van der Waals surface area contributed by atoms with Crippen LogP contribution in [-0.4, -0.2) is 19.5 Å². The van der Waals surface area contributed by atoms with Gasteiger partial charge in [-0.25, -0.2) is 4.98 Å². The number of para-hydroxylation sites is 1. The SMILES string of the molecule is c1ccc(-c2ccc(-c3cccc(-c4ccc(-c5ccccc5-c5cc(-c6ccccc6-c6ccc(-c7ccccc7)nc6)cc(-c6ccccc6-c6cnc(-c7ccccc7)n6-c6ccccc6)c5)cn4)c3)cc2)cc1. The van der Waals surface area contributed by atoms with E-state index in [4.69, 9.17) is 15.0 Å². The summed E-state index contributed by atoms with van der Waals surface area (Å²) in [6, 6.07) is 101. The highest BCUT2D eigenvalue weighted by Crippen LogP contribution is 2.43. The Balaban J connectivity index is 0.923. The molecule has 0 fully saturated rings. The minimum absolute atomic E-state index is 0.881. The zero-order valence-electron chi connectivity index (χ0n) is 42.2. The van der Waals surface area contributed by atoms with Crippen molar-refractivity contribution in [3.63, 3.8) is 0 Å². The summed E-state index contributed by atoms with van der Waals surface area (Å²) in [5.41, 5.74) is 23.8. The number of hydrogen-bond donors (Lipinski definition) is 0. The van der Waals surface area contributed by atoms with Crippen molar-refractivity contribution in [3.8, 4) is 129 Å². The lowest BCUT2D eigenvalue weighted by atomic mass is 9.87. The van der Waals surface area contributed by atoms with Gasteiger partial charge in [0.1, 0.15) is 5.82 Å². The van der Waals surface area contributed by atoms with Gasteiger partial charge in [0.15, 0.2) is 0 Å². The first-order valence-corrected chi connectivity index (χ1v) is 26.1. The summed E-state index contributed by atoms with van der Waals surface area (Å²) in [7, 11) is 0. The monoisotopic (exact) mass is 982 g/mol. The molecule has 0 spiro atoms. The van der Waals surface area contributed by atoms with E-state index in [1.165, 1.54) is 16.7 Å². The van der Waals surface area contributed by atoms with Gasteiger partial charge in [-0.05, 0) is 115 Å². The van der Waals surface area contributed by atoms with Crippen molar-refractivity contribution in [2.75, 3.05) is 0 Å². The Hall–Kier alpha value is -10.3. The van der Waals surface area contributed by atoms with Crippen LogP contribution in [0.5, 0.6) is 0 Å². The van der Waals surface area contributed by atoms with Crippen LogP contribution in [0.3, 0.4) is 0 Å². The molecular formula is C73H50N4. The molecule has 13 rings (SSSR count). The number of rotatable bonds is 12. The number of aromatic nitrogens is 4. The molecule has 3 heterocycles. The van der Waals surface area contributed by atoms with E-state index < -0.39 is 0 Å². The predicted molar refractivity (Wildman–Crippen MR) is 319 cm³/mol. The second-order valence-electron chi connectivity index (χ2n) is 19.2. The van der Waals surface area contributed by atoms with Crippen LogP contribution in [0, 0.1) is 0 Å². The van der Waals surface area contributed by atoms with Crippen molar-refractivity contribution in [2.24, 2.45) is 0 Å². The largest absolute Gasteiger partial charge is 0.292 e. The van der Waals surface area contributed by atoms with Gasteiger partial charge in [0.05, 0.1) is 23.3 Å². The Bertz CT molecular complexity index is 4150. The third-order valence-corrected chi connectivity index (χ3v) is 14.4. The lowest BCUT2D eigenvalue weighted by Gasteiger charge is -2.19. The summed E-state index contributed by atoms with van der Waals surface area (Å²) in [5, 5.41) is 0. The summed E-state index contributed by atoms with van der Waals surface area (Å²) in [6.45, 7) is 0. The van der Waals surface area contributed by atoms with E-state index >= 15 is 0 Å². The van der Waals surface area contributed by atoms with E-state index in [2.05, 4.69) is 278 Å². The van der Waals surface area contributed by atoms with Crippen LogP contribution in [0.4, 0.5) is 0 Å². The quantitative estimate of drug-likeness (QED) is 0.123. The molecule has 10 aromatic carbocycles. The molecule has 13 aromatic rings. The molecule has 77 heavy (non-hydrogen) atoms. The smallest absolute Gasteiger partial charge is 0.144 e. The van der Waals surface area contributed by atoms with Gasteiger partial charge in [-0.1, -0.05) is 237 Å². The molecule has 0 aliphatic carbocycles. The second kappa shape index (κ2) is 20.9. The van der Waals surface area contributed by atoms with Gasteiger partial charge in [-0.3, -0.25) is 14.5 Å². The zero-order chi connectivity index (χ0) is 51.3. The minimum atomic E-state index is 0.881. The van der Waals surface area contributed by atoms with E-state index in [9.17, 15) is 0 Å². The van der Waals surface area contributed by atoms with Crippen molar-refractivity contribution >= 4 is 0 Å². The third-order valence-electron chi connectivity index (χ3n) is 14.4. The maximum absolute atomic E-state index is 5.14. The van der Waals surface area contributed by atoms with Crippen LogP contribution in [0.25, 0.3) is 129 Å². The fourth-order valence-electron chi connectivity index (χ4n) is 10.6. The minimum Gasteiger partial charge on any atom is -0.292 e. The van der Waals surface area contributed by atoms with Crippen molar-refractivity contribution in [1.29, 1.82) is 0 Å². The number of hydrogen-bond acceptors (Lipinski definition) is 3. The molecule has 0 atom stereocenters. The topological polar surface area (TPSA) is 43.6 Å². The molecule has 0 aliphatic rings. The molecule has 4 heteroatoms. The summed E-state index contributed by atoms with van der Waals surface area (Å²) in [6.07, 6.45) is 6.04. The number of nitrogens with zero attached hydrogens (tertiary/aromatic N) is 4. The van der Waals surface area contributed by atoms with Crippen LogP contribution in [0.1, 0.15) is 0 Å².